The van der Waals surface area contributed by atoms with Gasteiger partial charge in [-0.3, -0.25) is 4.79 Å². The largest absolute Gasteiger partial charge is 0.508 e. The molecule has 1 unspecified atom stereocenters. The third kappa shape index (κ3) is 3.24. The van der Waals surface area contributed by atoms with Crippen LogP contribution in [-0.4, -0.2) is 22.5 Å². The second kappa shape index (κ2) is 7.15. The van der Waals surface area contributed by atoms with Gasteiger partial charge in [0.1, 0.15) is 5.75 Å². The summed E-state index contributed by atoms with van der Waals surface area (Å²) in [6.45, 7) is 2.42. The first-order valence-corrected chi connectivity index (χ1v) is 7.83. The van der Waals surface area contributed by atoms with Gasteiger partial charge in [-0.15, -0.1) is 5.06 Å². The number of aldehydes is 1. The third-order valence-electron chi connectivity index (χ3n) is 3.91. The highest BCUT2D eigenvalue weighted by atomic mass is 16.7. The molecule has 4 nitrogen and oxygen atoms in total. The van der Waals surface area contributed by atoms with Crippen LogP contribution in [0, 0.1) is 0 Å². The molecule has 0 radical (unpaired) electrons. The van der Waals surface area contributed by atoms with E-state index < -0.39 is 0 Å². The van der Waals surface area contributed by atoms with Gasteiger partial charge in [-0.1, -0.05) is 54.6 Å². The van der Waals surface area contributed by atoms with Crippen molar-refractivity contribution in [2.45, 2.75) is 19.5 Å². The summed E-state index contributed by atoms with van der Waals surface area (Å²) >= 11 is 0. The smallest absolute Gasteiger partial charge is 0.163 e. The molecule has 0 saturated carbocycles. The first-order chi connectivity index (χ1) is 11.7. The van der Waals surface area contributed by atoms with Crippen molar-refractivity contribution in [3.05, 3.63) is 83.4 Å². The standard InChI is InChI=1S/C20H19NO3/c1-2-6-19-18(14-22)20(16-7-4-3-5-8-16)24-21(19)13-15-9-11-17(23)12-10-15/h2-12,14,19,23H,13H2,1H3. The van der Waals surface area contributed by atoms with Gasteiger partial charge in [0.25, 0.3) is 0 Å². The lowest BCUT2D eigenvalue weighted by atomic mass is 10.0. The second-order valence-corrected chi connectivity index (χ2v) is 5.57. The Balaban J connectivity index is 1.92. The lowest BCUT2D eigenvalue weighted by Crippen LogP contribution is -2.29. The minimum Gasteiger partial charge on any atom is -0.508 e. The van der Waals surface area contributed by atoms with E-state index in [0.717, 1.165) is 17.4 Å². The highest BCUT2D eigenvalue weighted by Crippen LogP contribution is 2.34. The zero-order chi connectivity index (χ0) is 16.9. The van der Waals surface area contributed by atoms with Crippen LogP contribution in [0.5, 0.6) is 5.75 Å². The maximum Gasteiger partial charge on any atom is 0.163 e. The normalized spacial score (nSPS) is 18.1. The minimum absolute atomic E-state index is 0.225. The first-order valence-electron chi connectivity index (χ1n) is 7.83. The monoisotopic (exact) mass is 321 g/mol. The van der Waals surface area contributed by atoms with Crippen LogP contribution in [0.4, 0.5) is 0 Å². The lowest BCUT2D eigenvalue weighted by molar-refractivity contribution is -0.107. The summed E-state index contributed by atoms with van der Waals surface area (Å²) in [5.41, 5.74) is 2.47. The number of allylic oxidation sites excluding steroid dienone is 1. The molecule has 0 saturated heterocycles. The molecule has 1 heterocycles. The Labute approximate surface area is 141 Å². The zero-order valence-electron chi connectivity index (χ0n) is 13.4. The van der Waals surface area contributed by atoms with E-state index in [1.165, 1.54) is 0 Å². The molecule has 4 heteroatoms. The van der Waals surface area contributed by atoms with Gasteiger partial charge in [-0.2, -0.15) is 0 Å². The molecule has 3 rings (SSSR count). The molecule has 1 N–H and O–H groups in total. The molecular weight excluding hydrogens is 302 g/mol. The van der Waals surface area contributed by atoms with Gasteiger partial charge in [-0.25, -0.2) is 0 Å². The summed E-state index contributed by atoms with van der Waals surface area (Å²) in [4.78, 5) is 17.7. The third-order valence-corrected chi connectivity index (χ3v) is 3.91. The van der Waals surface area contributed by atoms with Crippen LogP contribution in [0.25, 0.3) is 5.76 Å². The van der Waals surface area contributed by atoms with Gasteiger partial charge < -0.3 is 9.94 Å². The Morgan fingerprint density at radius 3 is 2.46 bits per heavy atom. The van der Waals surface area contributed by atoms with E-state index in [1.807, 2.05) is 61.5 Å². The predicted octanol–water partition coefficient (Wildman–Crippen LogP) is 3.69. The number of aromatic hydroxyl groups is 1. The van der Waals surface area contributed by atoms with Gasteiger partial charge in [0, 0.05) is 5.56 Å². The van der Waals surface area contributed by atoms with Gasteiger partial charge in [0.05, 0.1) is 18.2 Å². The summed E-state index contributed by atoms with van der Waals surface area (Å²) in [6.07, 6.45) is 4.72. The van der Waals surface area contributed by atoms with Crippen molar-refractivity contribution in [3.8, 4) is 5.75 Å². The van der Waals surface area contributed by atoms with Crippen molar-refractivity contribution in [1.82, 2.24) is 5.06 Å². The number of hydrogen-bond acceptors (Lipinski definition) is 4. The summed E-state index contributed by atoms with van der Waals surface area (Å²) in [6, 6.07) is 16.3. The maximum atomic E-state index is 11.7. The minimum atomic E-state index is -0.239. The van der Waals surface area contributed by atoms with E-state index in [4.69, 9.17) is 4.84 Å². The molecule has 1 aliphatic rings. The zero-order valence-corrected chi connectivity index (χ0v) is 13.4. The summed E-state index contributed by atoms with van der Waals surface area (Å²) < 4.78 is 0. The van der Waals surface area contributed by atoms with Crippen molar-refractivity contribution in [2.24, 2.45) is 0 Å². The van der Waals surface area contributed by atoms with Crippen LogP contribution in [0.2, 0.25) is 0 Å². The van der Waals surface area contributed by atoms with Crippen LogP contribution >= 0.6 is 0 Å². The Hall–Kier alpha value is -2.85. The van der Waals surface area contributed by atoms with Crippen LogP contribution in [-0.2, 0) is 16.2 Å². The summed E-state index contributed by atoms with van der Waals surface area (Å²) in [5.74, 6) is 0.815. The molecule has 122 valence electrons. The molecule has 0 aliphatic carbocycles. The average molecular weight is 321 g/mol. The molecule has 2 aromatic rings. The topological polar surface area (TPSA) is 49.8 Å². The summed E-state index contributed by atoms with van der Waals surface area (Å²) in [5, 5.41) is 11.2. The van der Waals surface area contributed by atoms with E-state index in [1.54, 1.807) is 17.2 Å². The number of phenols is 1. The van der Waals surface area contributed by atoms with E-state index in [0.29, 0.717) is 17.9 Å². The van der Waals surface area contributed by atoms with Crippen molar-refractivity contribution in [2.75, 3.05) is 0 Å². The molecule has 0 amide bonds. The fraction of sp³-hybridized carbons (Fsp3) is 0.150. The molecular formula is C20H19NO3. The van der Waals surface area contributed by atoms with Crippen LogP contribution in [0.3, 0.4) is 0 Å². The van der Waals surface area contributed by atoms with Crippen LogP contribution in [0.15, 0.2) is 72.3 Å². The van der Waals surface area contributed by atoms with Gasteiger partial charge in [0.15, 0.2) is 12.0 Å². The quantitative estimate of drug-likeness (QED) is 0.674. The van der Waals surface area contributed by atoms with E-state index in [9.17, 15) is 9.90 Å². The molecule has 24 heavy (non-hydrogen) atoms. The molecule has 1 atom stereocenters. The number of rotatable bonds is 5. The van der Waals surface area contributed by atoms with Crippen LogP contribution in [0.1, 0.15) is 18.1 Å². The number of hydrogen-bond donors (Lipinski definition) is 1. The lowest BCUT2D eigenvalue weighted by Gasteiger charge is -2.21. The van der Waals surface area contributed by atoms with Crippen molar-refractivity contribution in [1.29, 1.82) is 0 Å². The Morgan fingerprint density at radius 1 is 1.12 bits per heavy atom. The maximum absolute atomic E-state index is 11.7. The molecule has 0 bridgehead atoms. The molecule has 1 aliphatic heterocycles. The fourth-order valence-electron chi connectivity index (χ4n) is 2.74. The van der Waals surface area contributed by atoms with Gasteiger partial charge in [0.2, 0.25) is 0 Å². The number of phenolic OH excluding ortho intramolecular Hbond substituents is 1. The number of benzene rings is 2. The van der Waals surface area contributed by atoms with Crippen molar-refractivity contribution in [3.63, 3.8) is 0 Å². The van der Waals surface area contributed by atoms with E-state index in [2.05, 4.69) is 0 Å². The van der Waals surface area contributed by atoms with E-state index >= 15 is 0 Å². The van der Waals surface area contributed by atoms with Crippen molar-refractivity contribution < 1.29 is 14.7 Å². The molecule has 0 aromatic heterocycles. The Kier molecular flexibility index (Phi) is 4.77. The molecule has 0 fully saturated rings. The number of nitrogens with zero attached hydrogens (tertiary/aromatic N) is 1. The number of carbonyl (C=O) groups excluding carboxylic acids is 1. The van der Waals surface area contributed by atoms with E-state index in [-0.39, 0.29) is 11.8 Å². The van der Waals surface area contributed by atoms with Gasteiger partial charge in [-0.05, 0) is 24.6 Å². The first kappa shape index (κ1) is 16.0. The second-order valence-electron chi connectivity index (χ2n) is 5.57. The summed E-state index contributed by atoms with van der Waals surface area (Å²) in [7, 11) is 0. The molecule has 2 aromatic carbocycles. The Bertz CT molecular complexity index is 763. The molecule has 0 spiro atoms. The predicted molar refractivity (Wildman–Crippen MR) is 92.8 cm³/mol. The number of hydroxylamine groups is 2. The Morgan fingerprint density at radius 2 is 1.83 bits per heavy atom. The van der Waals surface area contributed by atoms with Gasteiger partial charge >= 0.3 is 0 Å². The highest BCUT2D eigenvalue weighted by molar-refractivity contribution is 5.89. The highest BCUT2D eigenvalue weighted by Gasteiger charge is 2.33. The number of carbonyl (C=O) groups is 1. The average Bonchev–Trinajstić information content (AvgIpc) is 2.95. The van der Waals surface area contributed by atoms with Crippen molar-refractivity contribution >= 4 is 12.0 Å². The SMILES string of the molecule is CC=CC1C(C=O)=C(c2ccccc2)ON1Cc1ccc(O)cc1. The fourth-order valence-corrected chi connectivity index (χ4v) is 2.74. The van der Waals surface area contributed by atoms with Crippen LogP contribution < -0.4 is 0 Å².